The highest BCUT2D eigenvalue weighted by atomic mass is 35.5. The fraction of sp³-hybridized carbons (Fsp3) is 0.381. The van der Waals surface area contributed by atoms with E-state index in [9.17, 15) is 14.4 Å². The Morgan fingerprint density at radius 3 is 2.54 bits per heavy atom. The van der Waals surface area contributed by atoms with Crippen LogP contribution in [0.5, 0.6) is 5.75 Å². The smallest absolute Gasteiger partial charge is 0.332 e. The summed E-state index contributed by atoms with van der Waals surface area (Å²) in [6, 6.07) is 3.46. The lowest BCUT2D eigenvalue weighted by Crippen LogP contribution is -2.40. The monoisotopic (exact) mass is 541 g/mol. The predicted molar refractivity (Wildman–Crippen MR) is 140 cm³/mol. The molecular weight excluding hydrogens is 517 g/mol. The van der Waals surface area contributed by atoms with Gasteiger partial charge in [0.15, 0.2) is 16.3 Å². The zero-order valence-electron chi connectivity index (χ0n) is 19.8. The van der Waals surface area contributed by atoms with Crippen molar-refractivity contribution < 1.29 is 9.53 Å². The Morgan fingerprint density at radius 1 is 1.17 bits per heavy atom. The van der Waals surface area contributed by atoms with Crippen molar-refractivity contribution in [3.8, 4) is 5.75 Å². The number of aryl methyl sites for hydroxylation is 1. The molecule has 0 saturated carbocycles. The van der Waals surface area contributed by atoms with E-state index in [0.29, 0.717) is 34.5 Å². The minimum atomic E-state index is -0.514. The van der Waals surface area contributed by atoms with E-state index in [0.717, 1.165) is 9.27 Å². The topological polar surface area (TPSA) is 107 Å². The number of thiazole rings is 1. The van der Waals surface area contributed by atoms with E-state index in [1.807, 2.05) is 19.0 Å². The summed E-state index contributed by atoms with van der Waals surface area (Å²) in [5.41, 5.74) is -0.0203. The van der Waals surface area contributed by atoms with Crippen molar-refractivity contribution in [1.82, 2.24) is 28.6 Å². The van der Waals surface area contributed by atoms with Crippen molar-refractivity contribution in [2.45, 2.75) is 6.54 Å². The molecule has 11 nitrogen and oxygen atoms in total. The standard InChI is InChI=1S/C21H24ClN7O4S.ClH/c1-25(2)8-9-29(20-24-15-13(33-5)7-6-12(22)17(15)34-20)14(30)10-28-11-23-18-16(28)19(31)27(4)21(32)26(18)3;/h6-7,11H,8-10H2,1-5H3;1H. The molecule has 1 aromatic carbocycles. The van der Waals surface area contributed by atoms with E-state index in [1.165, 1.54) is 40.9 Å². The molecule has 4 aromatic rings. The lowest BCUT2D eigenvalue weighted by molar-refractivity contribution is -0.119. The molecule has 3 heterocycles. The molecule has 14 heteroatoms. The van der Waals surface area contributed by atoms with Crippen LogP contribution < -0.4 is 20.9 Å². The molecule has 35 heavy (non-hydrogen) atoms. The second-order valence-electron chi connectivity index (χ2n) is 8.02. The van der Waals surface area contributed by atoms with Gasteiger partial charge in [0.05, 0.1) is 23.2 Å². The maximum Gasteiger partial charge on any atom is 0.332 e. The van der Waals surface area contributed by atoms with Crippen LogP contribution in [0.4, 0.5) is 5.13 Å². The van der Waals surface area contributed by atoms with Crippen LogP contribution in [0.15, 0.2) is 28.0 Å². The summed E-state index contributed by atoms with van der Waals surface area (Å²) in [4.78, 5) is 50.9. The van der Waals surface area contributed by atoms with Crippen molar-refractivity contribution in [2.24, 2.45) is 14.1 Å². The lowest BCUT2D eigenvalue weighted by atomic mass is 10.3. The van der Waals surface area contributed by atoms with Crippen molar-refractivity contribution in [1.29, 1.82) is 0 Å². The van der Waals surface area contributed by atoms with E-state index in [2.05, 4.69) is 9.97 Å². The van der Waals surface area contributed by atoms with Crippen LogP contribution in [0.1, 0.15) is 0 Å². The van der Waals surface area contributed by atoms with Gasteiger partial charge in [0.2, 0.25) is 5.91 Å². The third kappa shape index (κ3) is 4.79. The number of amides is 1. The van der Waals surface area contributed by atoms with E-state index < -0.39 is 11.2 Å². The molecule has 0 spiro atoms. The Kier molecular flexibility index (Phi) is 7.90. The van der Waals surface area contributed by atoms with Crippen molar-refractivity contribution in [3.05, 3.63) is 44.3 Å². The molecule has 0 saturated heterocycles. The van der Waals surface area contributed by atoms with Crippen LogP contribution in [0, 0.1) is 0 Å². The largest absolute Gasteiger partial charge is 0.494 e. The number of imidazole rings is 1. The molecule has 0 atom stereocenters. The van der Waals surface area contributed by atoms with Gasteiger partial charge < -0.3 is 14.2 Å². The van der Waals surface area contributed by atoms with Gasteiger partial charge in [0.1, 0.15) is 17.8 Å². The van der Waals surface area contributed by atoms with E-state index in [-0.39, 0.29) is 36.0 Å². The Hall–Kier alpha value is -2.93. The van der Waals surface area contributed by atoms with Gasteiger partial charge in [-0.3, -0.25) is 23.6 Å². The molecular formula is C21H25Cl2N7O4S. The zero-order valence-corrected chi connectivity index (χ0v) is 22.2. The first-order valence-electron chi connectivity index (χ1n) is 10.3. The molecule has 0 fully saturated rings. The minimum Gasteiger partial charge on any atom is -0.494 e. The molecule has 1 amide bonds. The average Bonchev–Trinajstić information content (AvgIpc) is 3.42. The van der Waals surface area contributed by atoms with E-state index >= 15 is 0 Å². The quantitative estimate of drug-likeness (QED) is 0.350. The number of aromatic nitrogens is 5. The third-order valence-corrected chi connectivity index (χ3v) is 7.03. The van der Waals surface area contributed by atoms with Crippen LogP contribution in [0.3, 0.4) is 0 Å². The highest BCUT2D eigenvalue weighted by Gasteiger charge is 2.24. The van der Waals surface area contributed by atoms with Gasteiger partial charge >= 0.3 is 5.69 Å². The second kappa shape index (κ2) is 10.4. The number of carbonyl (C=O) groups is 1. The number of halogens is 2. The molecule has 0 unspecified atom stereocenters. The molecule has 3 aromatic heterocycles. The Morgan fingerprint density at radius 2 is 1.89 bits per heavy atom. The Bertz CT molecular complexity index is 1520. The molecule has 0 radical (unpaired) electrons. The van der Waals surface area contributed by atoms with Crippen LogP contribution in [-0.4, -0.2) is 68.8 Å². The first-order chi connectivity index (χ1) is 16.1. The summed E-state index contributed by atoms with van der Waals surface area (Å²) in [6.07, 6.45) is 1.39. The lowest BCUT2D eigenvalue weighted by Gasteiger charge is -2.22. The number of benzene rings is 1. The normalized spacial score (nSPS) is 11.3. The summed E-state index contributed by atoms with van der Waals surface area (Å²) in [5, 5.41) is 0.988. The van der Waals surface area contributed by atoms with Gasteiger partial charge in [-0.2, -0.15) is 0 Å². The van der Waals surface area contributed by atoms with Crippen LogP contribution in [-0.2, 0) is 25.4 Å². The molecule has 4 rings (SSSR count). The SMILES string of the molecule is COc1ccc(Cl)c2sc(N(CCN(C)C)C(=O)Cn3cnc4c3c(=O)n(C)c(=O)n4C)nc12.Cl. The number of ether oxygens (including phenoxy) is 1. The van der Waals surface area contributed by atoms with Gasteiger partial charge in [-0.05, 0) is 26.2 Å². The number of hydrogen-bond acceptors (Lipinski definition) is 8. The maximum absolute atomic E-state index is 13.5. The average molecular weight is 542 g/mol. The zero-order chi connectivity index (χ0) is 24.7. The van der Waals surface area contributed by atoms with E-state index in [4.69, 9.17) is 16.3 Å². The highest BCUT2D eigenvalue weighted by molar-refractivity contribution is 7.23. The summed E-state index contributed by atoms with van der Waals surface area (Å²) in [6.45, 7) is 0.806. The fourth-order valence-electron chi connectivity index (χ4n) is 3.60. The molecule has 0 aliphatic heterocycles. The summed E-state index contributed by atoms with van der Waals surface area (Å²) in [5.74, 6) is 0.276. The highest BCUT2D eigenvalue weighted by Crippen LogP contribution is 2.38. The first kappa shape index (κ1) is 26.7. The maximum atomic E-state index is 13.5. The number of fused-ring (bicyclic) bond motifs is 2. The number of hydrogen-bond donors (Lipinski definition) is 0. The van der Waals surface area contributed by atoms with Gasteiger partial charge in [-0.25, -0.2) is 14.8 Å². The first-order valence-corrected chi connectivity index (χ1v) is 11.5. The predicted octanol–water partition coefficient (Wildman–Crippen LogP) is 1.72. The van der Waals surface area contributed by atoms with Crippen molar-refractivity contribution in [2.75, 3.05) is 39.2 Å². The number of nitrogens with zero attached hydrogens (tertiary/aromatic N) is 7. The van der Waals surface area contributed by atoms with Crippen LogP contribution in [0.2, 0.25) is 5.02 Å². The minimum absolute atomic E-state index is 0. The molecule has 0 aliphatic carbocycles. The van der Waals surface area contributed by atoms with E-state index in [1.54, 1.807) is 24.1 Å². The van der Waals surface area contributed by atoms with Gasteiger partial charge in [0, 0.05) is 27.2 Å². The molecule has 0 bridgehead atoms. The van der Waals surface area contributed by atoms with Gasteiger partial charge in [0.25, 0.3) is 5.56 Å². The van der Waals surface area contributed by atoms with Crippen molar-refractivity contribution in [3.63, 3.8) is 0 Å². The van der Waals surface area contributed by atoms with Crippen molar-refractivity contribution >= 4 is 67.8 Å². The van der Waals surface area contributed by atoms with Gasteiger partial charge in [-0.15, -0.1) is 12.4 Å². The molecule has 0 N–H and O–H groups in total. The third-order valence-electron chi connectivity index (χ3n) is 5.49. The Balaban J connectivity index is 0.00000342. The fourth-order valence-corrected chi connectivity index (χ4v) is 4.90. The number of rotatable bonds is 7. The summed E-state index contributed by atoms with van der Waals surface area (Å²) < 4.78 is 9.87. The second-order valence-corrected chi connectivity index (χ2v) is 9.41. The van der Waals surface area contributed by atoms with Crippen LogP contribution >= 0.6 is 35.3 Å². The number of methoxy groups -OCH3 is 1. The number of likely N-dealkylation sites (N-methyl/N-ethyl adjacent to an activating group) is 1. The number of anilines is 1. The number of carbonyl (C=O) groups excluding carboxylic acids is 1. The molecule has 188 valence electrons. The Labute approximate surface area is 215 Å². The molecule has 0 aliphatic rings. The van der Waals surface area contributed by atoms with Crippen LogP contribution in [0.25, 0.3) is 21.4 Å². The van der Waals surface area contributed by atoms with Gasteiger partial charge in [-0.1, -0.05) is 22.9 Å². The summed E-state index contributed by atoms with van der Waals surface area (Å²) in [7, 11) is 8.30. The summed E-state index contributed by atoms with van der Waals surface area (Å²) >= 11 is 7.67.